The maximum absolute atomic E-state index is 13.5. The topological polar surface area (TPSA) is 102 Å². The predicted octanol–water partition coefficient (Wildman–Crippen LogP) is 5.39. The molecule has 9 heteroatoms. The summed E-state index contributed by atoms with van der Waals surface area (Å²) in [6, 6.07) is 14.7. The molecular formula is C26H22N2O6S. The molecule has 0 saturated carbocycles. The minimum absolute atomic E-state index is 0.0317. The number of ether oxygens (including phenoxy) is 2. The minimum atomic E-state index is -0.969. The number of methoxy groups -OCH3 is 1. The van der Waals surface area contributed by atoms with Crippen LogP contribution >= 0.6 is 11.3 Å². The van der Waals surface area contributed by atoms with E-state index in [1.165, 1.54) is 29.4 Å². The minimum Gasteiger partial charge on any atom is -0.503 e. The number of furan rings is 1. The van der Waals surface area contributed by atoms with E-state index in [1.807, 2.05) is 25.1 Å². The fraction of sp³-hybridized carbons (Fsp3) is 0.192. The first-order chi connectivity index (χ1) is 16.9. The number of Topliss-reactive ketones (excluding diaryl/α,β-unsaturated/α-hetero) is 1. The van der Waals surface area contributed by atoms with Gasteiger partial charge in [0.05, 0.1) is 29.5 Å². The molecule has 1 unspecified atom stereocenters. The first-order valence-electron chi connectivity index (χ1n) is 11.0. The summed E-state index contributed by atoms with van der Waals surface area (Å²) in [5.74, 6) is -0.225. The van der Waals surface area contributed by atoms with E-state index in [0.717, 1.165) is 4.70 Å². The smallest absolute Gasteiger partial charge is 0.296 e. The van der Waals surface area contributed by atoms with Crippen LogP contribution < -0.4 is 14.4 Å². The summed E-state index contributed by atoms with van der Waals surface area (Å²) in [7, 11) is 1.51. The Morgan fingerprint density at radius 1 is 1.20 bits per heavy atom. The molecule has 1 aliphatic rings. The van der Waals surface area contributed by atoms with E-state index >= 15 is 0 Å². The van der Waals surface area contributed by atoms with Gasteiger partial charge in [-0.15, -0.1) is 0 Å². The van der Waals surface area contributed by atoms with Gasteiger partial charge in [0.2, 0.25) is 5.78 Å². The zero-order valence-corrected chi connectivity index (χ0v) is 20.1. The molecule has 0 radical (unpaired) electrons. The number of para-hydroxylation sites is 1. The van der Waals surface area contributed by atoms with Crippen LogP contribution in [0.1, 0.15) is 34.8 Å². The van der Waals surface area contributed by atoms with Crippen molar-refractivity contribution in [3.8, 4) is 11.5 Å². The summed E-state index contributed by atoms with van der Waals surface area (Å²) < 4.78 is 17.5. The Bertz CT molecular complexity index is 1480. The van der Waals surface area contributed by atoms with Crippen LogP contribution in [0.15, 0.2) is 70.3 Å². The number of anilines is 1. The van der Waals surface area contributed by atoms with Crippen LogP contribution in [0.3, 0.4) is 0 Å². The van der Waals surface area contributed by atoms with E-state index in [2.05, 4.69) is 4.98 Å². The molecule has 4 aromatic rings. The molecule has 1 N–H and O–H groups in total. The SMILES string of the molecule is CCOc1ccc2nc(N3C(=O)C(O)=C(C(=O)c4ccc(C)o4)C3c3ccccc3OC)sc2c1. The van der Waals surface area contributed by atoms with Crippen LogP contribution in [0.2, 0.25) is 0 Å². The number of carbonyl (C=O) groups excluding carboxylic acids is 2. The molecule has 0 bridgehead atoms. The van der Waals surface area contributed by atoms with Crippen LogP contribution in [-0.4, -0.2) is 35.5 Å². The third-order valence-corrected chi connectivity index (χ3v) is 6.73. The van der Waals surface area contributed by atoms with Crippen molar-refractivity contribution in [2.75, 3.05) is 18.6 Å². The van der Waals surface area contributed by atoms with Crippen molar-refractivity contribution in [1.82, 2.24) is 4.98 Å². The zero-order valence-electron chi connectivity index (χ0n) is 19.3. The van der Waals surface area contributed by atoms with Crippen LogP contribution in [0.5, 0.6) is 11.5 Å². The fourth-order valence-corrected chi connectivity index (χ4v) is 5.18. The number of carbonyl (C=O) groups is 2. The molecule has 2 aromatic carbocycles. The van der Waals surface area contributed by atoms with Crippen LogP contribution in [0.25, 0.3) is 10.2 Å². The van der Waals surface area contributed by atoms with Crippen molar-refractivity contribution in [3.63, 3.8) is 0 Å². The van der Waals surface area contributed by atoms with Gasteiger partial charge < -0.3 is 19.0 Å². The Morgan fingerprint density at radius 2 is 2.00 bits per heavy atom. The van der Waals surface area contributed by atoms with Gasteiger partial charge in [0.25, 0.3) is 5.91 Å². The number of fused-ring (bicyclic) bond motifs is 1. The lowest BCUT2D eigenvalue weighted by atomic mass is 9.94. The predicted molar refractivity (Wildman–Crippen MR) is 131 cm³/mol. The summed E-state index contributed by atoms with van der Waals surface area (Å²) in [5, 5.41) is 11.3. The molecule has 0 spiro atoms. The first-order valence-corrected chi connectivity index (χ1v) is 11.8. The van der Waals surface area contributed by atoms with Gasteiger partial charge >= 0.3 is 0 Å². The second-order valence-electron chi connectivity index (χ2n) is 7.88. The van der Waals surface area contributed by atoms with E-state index in [-0.39, 0.29) is 11.3 Å². The molecular weight excluding hydrogens is 468 g/mol. The lowest BCUT2D eigenvalue weighted by Gasteiger charge is -2.25. The van der Waals surface area contributed by atoms with E-state index < -0.39 is 23.5 Å². The number of benzene rings is 2. The number of nitrogens with zero attached hydrogens (tertiary/aromatic N) is 2. The highest BCUT2D eigenvalue weighted by Crippen LogP contribution is 2.46. The van der Waals surface area contributed by atoms with Gasteiger partial charge in [0.15, 0.2) is 16.7 Å². The number of amides is 1. The largest absolute Gasteiger partial charge is 0.503 e. The lowest BCUT2D eigenvalue weighted by molar-refractivity contribution is -0.117. The molecule has 0 aliphatic carbocycles. The summed E-state index contributed by atoms with van der Waals surface area (Å²) in [6.45, 7) is 4.14. The normalized spacial score (nSPS) is 15.8. The van der Waals surface area contributed by atoms with E-state index in [4.69, 9.17) is 13.9 Å². The molecule has 1 aliphatic heterocycles. The summed E-state index contributed by atoms with van der Waals surface area (Å²) in [6.07, 6.45) is 0. The number of thiazole rings is 1. The summed E-state index contributed by atoms with van der Waals surface area (Å²) in [5.41, 5.74) is 1.11. The Hall–Kier alpha value is -4.11. The van der Waals surface area contributed by atoms with Crippen molar-refractivity contribution in [2.45, 2.75) is 19.9 Å². The number of rotatable bonds is 7. The third kappa shape index (κ3) is 3.83. The van der Waals surface area contributed by atoms with Crippen molar-refractivity contribution >= 4 is 38.4 Å². The Morgan fingerprint density at radius 3 is 2.71 bits per heavy atom. The van der Waals surface area contributed by atoms with Gasteiger partial charge in [-0.1, -0.05) is 29.5 Å². The second kappa shape index (κ2) is 8.92. The van der Waals surface area contributed by atoms with Gasteiger partial charge in [0.1, 0.15) is 23.3 Å². The van der Waals surface area contributed by atoms with Crippen molar-refractivity contribution in [3.05, 3.63) is 83.0 Å². The third-order valence-electron chi connectivity index (χ3n) is 5.72. The number of aliphatic hydroxyl groups is 1. The van der Waals surface area contributed by atoms with E-state index in [0.29, 0.717) is 40.1 Å². The zero-order chi connectivity index (χ0) is 24.7. The molecule has 1 atom stereocenters. The molecule has 5 rings (SSSR count). The molecule has 35 heavy (non-hydrogen) atoms. The average molecular weight is 491 g/mol. The Kier molecular flexibility index (Phi) is 5.78. The molecule has 3 heterocycles. The van der Waals surface area contributed by atoms with Gasteiger partial charge in [-0.2, -0.15) is 0 Å². The monoisotopic (exact) mass is 490 g/mol. The van der Waals surface area contributed by atoms with Crippen molar-refractivity contribution in [1.29, 1.82) is 0 Å². The molecule has 0 saturated heterocycles. The lowest BCUT2D eigenvalue weighted by Crippen LogP contribution is -2.31. The van der Waals surface area contributed by atoms with E-state index in [1.54, 1.807) is 37.3 Å². The second-order valence-corrected chi connectivity index (χ2v) is 8.89. The van der Waals surface area contributed by atoms with Gasteiger partial charge in [-0.3, -0.25) is 14.5 Å². The summed E-state index contributed by atoms with van der Waals surface area (Å²) >= 11 is 1.27. The van der Waals surface area contributed by atoms with Crippen LogP contribution in [0, 0.1) is 6.92 Å². The number of hydrogen-bond acceptors (Lipinski definition) is 8. The number of hydrogen-bond donors (Lipinski definition) is 1. The number of ketones is 1. The fourth-order valence-electron chi connectivity index (χ4n) is 4.16. The van der Waals surface area contributed by atoms with Gasteiger partial charge in [-0.25, -0.2) is 4.98 Å². The van der Waals surface area contributed by atoms with Gasteiger partial charge in [-0.05, 0) is 50.2 Å². The number of aryl methyl sites for hydroxylation is 1. The maximum atomic E-state index is 13.5. The molecule has 0 fully saturated rings. The highest BCUT2D eigenvalue weighted by atomic mass is 32.1. The quantitative estimate of drug-likeness (QED) is 0.347. The highest BCUT2D eigenvalue weighted by Gasteiger charge is 2.47. The Balaban J connectivity index is 1.67. The standard InChI is InChI=1S/C26H22N2O6S/c1-4-33-15-10-11-17-20(13-15)35-26(27-17)28-22(16-7-5-6-8-18(16)32-3)21(24(30)25(28)31)23(29)19-12-9-14(2)34-19/h5-13,22,30H,4H2,1-3H3. The van der Waals surface area contributed by atoms with Gasteiger partial charge in [0, 0.05) is 5.56 Å². The first kappa shape index (κ1) is 22.7. The molecule has 2 aromatic heterocycles. The summed E-state index contributed by atoms with van der Waals surface area (Å²) in [4.78, 5) is 32.9. The Labute approximate surface area is 205 Å². The number of aromatic nitrogens is 1. The van der Waals surface area contributed by atoms with Crippen molar-refractivity contribution in [2.24, 2.45) is 0 Å². The molecule has 8 nitrogen and oxygen atoms in total. The molecule has 178 valence electrons. The van der Waals surface area contributed by atoms with Crippen LogP contribution in [0.4, 0.5) is 5.13 Å². The van der Waals surface area contributed by atoms with E-state index in [9.17, 15) is 14.7 Å². The highest BCUT2D eigenvalue weighted by molar-refractivity contribution is 7.22. The van der Waals surface area contributed by atoms with Crippen molar-refractivity contribution < 1.29 is 28.6 Å². The number of aliphatic hydroxyl groups excluding tert-OH is 1. The van der Waals surface area contributed by atoms with Crippen LogP contribution in [-0.2, 0) is 4.79 Å². The maximum Gasteiger partial charge on any atom is 0.296 e. The molecule has 1 amide bonds. The average Bonchev–Trinajstić information content (AvgIpc) is 3.54.